The van der Waals surface area contributed by atoms with E-state index in [1.165, 1.54) is 44.9 Å². The largest absolute Gasteiger partial charge is 0.337 e. The molecule has 5 nitrogen and oxygen atoms in total. The summed E-state index contributed by atoms with van der Waals surface area (Å²) < 4.78 is 2.02. The smallest absolute Gasteiger partial charge is 0.0945 e. The Morgan fingerprint density at radius 1 is 1.10 bits per heavy atom. The number of hydrogen-bond acceptors (Lipinski definition) is 4. The topological polar surface area (TPSA) is 95.9 Å². The Morgan fingerprint density at radius 3 is 2.10 bits per heavy atom. The van der Waals surface area contributed by atoms with Crippen LogP contribution in [0, 0.1) is 0 Å². The van der Waals surface area contributed by atoms with Crippen LogP contribution in [0.25, 0.3) is 0 Å². The van der Waals surface area contributed by atoms with Crippen LogP contribution in [-0.4, -0.2) is 28.7 Å². The van der Waals surface area contributed by atoms with Gasteiger partial charge in [0.2, 0.25) is 0 Å². The minimum atomic E-state index is 0.536. The molecule has 1 aromatic heterocycles. The molecule has 0 spiro atoms. The molecule has 1 aliphatic carbocycles. The van der Waals surface area contributed by atoms with Crippen molar-refractivity contribution in [3.8, 4) is 0 Å². The van der Waals surface area contributed by atoms with E-state index in [-0.39, 0.29) is 0 Å². The molecule has 1 heterocycles. The van der Waals surface area contributed by atoms with Crippen molar-refractivity contribution in [1.29, 1.82) is 0 Å². The van der Waals surface area contributed by atoms with Crippen LogP contribution in [0.2, 0.25) is 0 Å². The van der Waals surface area contributed by atoms with Crippen molar-refractivity contribution in [2.75, 3.05) is 13.1 Å². The summed E-state index contributed by atoms with van der Waals surface area (Å²) in [6, 6.07) is 0.536. The molecule has 0 saturated heterocycles. The fourth-order valence-corrected chi connectivity index (χ4v) is 2.03. The first-order valence-corrected chi connectivity index (χ1v) is 8.36. The van der Waals surface area contributed by atoms with Gasteiger partial charge >= 0.3 is 0 Å². The Morgan fingerprint density at radius 2 is 1.76 bits per heavy atom. The summed E-state index contributed by atoms with van der Waals surface area (Å²) in [5, 5.41) is 0. The second-order valence-corrected chi connectivity index (χ2v) is 5.48. The summed E-state index contributed by atoms with van der Waals surface area (Å²) in [5.74, 6) is 0. The van der Waals surface area contributed by atoms with Gasteiger partial charge in [-0.05, 0) is 38.8 Å². The van der Waals surface area contributed by atoms with Gasteiger partial charge < -0.3 is 21.8 Å². The molecule has 0 bridgehead atoms. The number of nitrogens with two attached hydrogens (primary N) is 3. The highest BCUT2D eigenvalue weighted by molar-refractivity contribution is 4.73. The lowest BCUT2D eigenvalue weighted by molar-refractivity contribution is 0.441. The van der Waals surface area contributed by atoms with Gasteiger partial charge in [0.25, 0.3) is 0 Å². The molecule has 0 atom stereocenters. The minimum absolute atomic E-state index is 0.536. The molecule has 0 aliphatic heterocycles. The van der Waals surface area contributed by atoms with Gasteiger partial charge in [-0.3, -0.25) is 0 Å². The summed E-state index contributed by atoms with van der Waals surface area (Å²) in [5.41, 5.74) is 16.1. The highest BCUT2D eigenvalue weighted by Gasteiger charge is 2.06. The van der Waals surface area contributed by atoms with Crippen LogP contribution in [0.5, 0.6) is 0 Å². The van der Waals surface area contributed by atoms with Crippen molar-refractivity contribution in [3.05, 3.63) is 18.7 Å². The SMILES string of the molecule is CCCCN.NC1CCCCC1.NCCCn1ccnc1. The molecular weight excluding hydrogens is 262 g/mol. The third kappa shape index (κ3) is 13.8. The molecule has 21 heavy (non-hydrogen) atoms. The van der Waals surface area contributed by atoms with Crippen molar-refractivity contribution in [2.45, 2.75) is 70.9 Å². The van der Waals surface area contributed by atoms with Crippen LogP contribution in [0.4, 0.5) is 0 Å². The third-order valence-electron chi connectivity index (χ3n) is 3.39. The first-order valence-electron chi connectivity index (χ1n) is 8.36. The van der Waals surface area contributed by atoms with E-state index < -0.39 is 0 Å². The van der Waals surface area contributed by atoms with E-state index in [1.807, 2.05) is 10.8 Å². The number of aromatic nitrogens is 2. The molecule has 5 heteroatoms. The lowest BCUT2D eigenvalue weighted by Crippen LogP contribution is -2.22. The van der Waals surface area contributed by atoms with E-state index in [0.29, 0.717) is 6.04 Å². The molecule has 0 unspecified atom stereocenters. The van der Waals surface area contributed by atoms with Gasteiger partial charge in [0.15, 0.2) is 0 Å². The van der Waals surface area contributed by atoms with Crippen LogP contribution >= 0.6 is 0 Å². The molecule has 0 amide bonds. The summed E-state index contributed by atoms with van der Waals surface area (Å²) in [4.78, 5) is 3.90. The molecule has 1 aromatic rings. The van der Waals surface area contributed by atoms with Gasteiger partial charge in [0, 0.05) is 25.0 Å². The van der Waals surface area contributed by atoms with Crippen molar-refractivity contribution in [3.63, 3.8) is 0 Å². The number of unbranched alkanes of at least 4 members (excludes halogenated alkanes) is 1. The highest BCUT2D eigenvalue weighted by Crippen LogP contribution is 2.14. The van der Waals surface area contributed by atoms with Crippen molar-refractivity contribution in [2.24, 2.45) is 17.2 Å². The Hall–Kier alpha value is -0.910. The fourth-order valence-electron chi connectivity index (χ4n) is 2.03. The van der Waals surface area contributed by atoms with E-state index in [4.69, 9.17) is 17.2 Å². The molecular formula is C16H35N5. The van der Waals surface area contributed by atoms with E-state index in [0.717, 1.165) is 26.1 Å². The highest BCUT2D eigenvalue weighted by atomic mass is 15.0. The molecule has 0 radical (unpaired) electrons. The molecule has 1 fully saturated rings. The maximum absolute atomic E-state index is 5.63. The first kappa shape index (κ1) is 20.1. The summed E-state index contributed by atoms with van der Waals surface area (Å²) >= 11 is 0. The molecule has 0 aromatic carbocycles. The number of nitrogens with zero attached hydrogens (tertiary/aromatic N) is 2. The third-order valence-corrected chi connectivity index (χ3v) is 3.39. The Kier molecular flexibility index (Phi) is 14.8. The van der Waals surface area contributed by atoms with Crippen LogP contribution in [0.15, 0.2) is 18.7 Å². The maximum Gasteiger partial charge on any atom is 0.0945 e. The van der Waals surface area contributed by atoms with Crippen molar-refractivity contribution < 1.29 is 0 Å². The standard InChI is InChI=1S/C6H11N3.C6H13N.C4H11N/c7-2-1-4-9-5-3-8-6-9;7-6-4-2-1-3-5-6;1-2-3-4-5/h3,5-6H,1-2,4,7H2;6H,1-5,7H2;2-5H2,1H3. The van der Waals surface area contributed by atoms with Crippen LogP contribution in [0.3, 0.4) is 0 Å². The zero-order valence-electron chi connectivity index (χ0n) is 13.7. The zero-order valence-corrected chi connectivity index (χ0v) is 13.7. The van der Waals surface area contributed by atoms with Crippen LogP contribution < -0.4 is 17.2 Å². The minimum Gasteiger partial charge on any atom is -0.337 e. The van der Waals surface area contributed by atoms with E-state index in [1.54, 1.807) is 12.5 Å². The van der Waals surface area contributed by atoms with Crippen molar-refractivity contribution >= 4 is 0 Å². The van der Waals surface area contributed by atoms with E-state index >= 15 is 0 Å². The average Bonchev–Trinajstić information content (AvgIpc) is 3.01. The summed E-state index contributed by atoms with van der Waals surface area (Å²) in [7, 11) is 0. The number of hydrogen-bond donors (Lipinski definition) is 3. The Balaban J connectivity index is 0.000000300. The first-order chi connectivity index (χ1) is 10.2. The lowest BCUT2D eigenvalue weighted by atomic mass is 9.97. The monoisotopic (exact) mass is 297 g/mol. The molecule has 1 saturated carbocycles. The van der Waals surface area contributed by atoms with Crippen LogP contribution in [-0.2, 0) is 6.54 Å². The van der Waals surface area contributed by atoms with Gasteiger partial charge in [0.05, 0.1) is 6.33 Å². The predicted octanol–water partition coefficient (Wildman–Crippen LogP) is 2.25. The van der Waals surface area contributed by atoms with Gasteiger partial charge in [-0.2, -0.15) is 0 Å². The normalized spacial score (nSPS) is 14.7. The Bertz CT molecular complexity index is 279. The average molecular weight is 297 g/mol. The fraction of sp³-hybridized carbons (Fsp3) is 0.812. The van der Waals surface area contributed by atoms with E-state index in [9.17, 15) is 0 Å². The maximum atomic E-state index is 5.63. The second-order valence-electron chi connectivity index (χ2n) is 5.48. The Labute approximate surface area is 130 Å². The number of aryl methyl sites for hydroxylation is 1. The lowest BCUT2D eigenvalue weighted by Gasteiger charge is -2.15. The van der Waals surface area contributed by atoms with E-state index in [2.05, 4.69) is 11.9 Å². The summed E-state index contributed by atoms with van der Waals surface area (Å²) in [6.45, 7) is 4.71. The van der Waals surface area contributed by atoms with Crippen molar-refractivity contribution in [1.82, 2.24) is 9.55 Å². The van der Waals surface area contributed by atoms with Gasteiger partial charge in [-0.1, -0.05) is 32.6 Å². The quantitative estimate of drug-likeness (QED) is 0.776. The zero-order chi connectivity index (χ0) is 15.8. The predicted molar refractivity (Wildman–Crippen MR) is 90.9 cm³/mol. The molecule has 6 N–H and O–H groups in total. The molecule has 124 valence electrons. The van der Waals surface area contributed by atoms with Gasteiger partial charge in [-0.25, -0.2) is 4.98 Å². The summed E-state index contributed by atoms with van der Waals surface area (Å²) in [6.07, 6.45) is 15.6. The molecule has 1 aliphatic rings. The number of imidazole rings is 1. The second kappa shape index (κ2) is 15.5. The number of rotatable bonds is 5. The van der Waals surface area contributed by atoms with Gasteiger partial charge in [0.1, 0.15) is 0 Å². The molecule has 2 rings (SSSR count). The van der Waals surface area contributed by atoms with Crippen LogP contribution in [0.1, 0.15) is 58.3 Å². The van der Waals surface area contributed by atoms with Gasteiger partial charge in [-0.15, -0.1) is 0 Å².